The molecule has 1 aromatic carbocycles. The molecule has 25 heavy (non-hydrogen) atoms. The van der Waals surface area contributed by atoms with E-state index in [-0.39, 0.29) is 12.0 Å². The van der Waals surface area contributed by atoms with Crippen molar-refractivity contribution in [2.75, 3.05) is 13.1 Å². The number of rotatable bonds is 3. The Hall–Kier alpha value is -2.34. The molecule has 3 aromatic rings. The third-order valence-electron chi connectivity index (χ3n) is 4.65. The highest BCUT2D eigenvalue weighted by atomic mass is 32.1. The minimum absolute atomic E-state index is 0.0466. The Kier molecular flexibility index (Phi) is 4.21. The molecule has 1 fully saturated rings. The average molecular weight is 356 g/mol. The number of likely N-dealkylation sites (tertiary alicyclic amines) is 1. The number of nitrogens with zero attached hydrogens (tertiary/aromatic N) is 2. The van der Waals surface area contributed by atoms with Crippen molar-refractivity contribution in [2.45, 2.75) is 32.8 Å². The summed E-state index contributed by atoms with van der Waals surface area (Å²) in [5.74, 6) is 0.353. The number of hydrogen-bond acceptors (Lipinski definition) is 5. The Morgan fingerprint density at radius 2 is 2.00 bits per heavy atom. The van der Waals surface area contributed by atoms with Gasteiger partial charge in [0.2, 0.25) is 0 Å². The van der Waals surface area contributed by atoms with Crippen LogP contribution in [0.25, 0.3) is 10.2 Å². The van der Waals surface area contributed by atoms with Gasteiger partial charge >= 0.3 is 0 Å². The molecule has 0 N–H and O–H groups in total. The van der Waals surface area contributed by atoms with E-state index < -0.39 is 0 Å². The third-order valence-corrected chi connectivity index (χ3v) is 5.73. The van der Waals surface area contributed by atoms with Gasteiger partial charge in [0, 0.05) is 25.9 Å². The van der Waals surface area contributed by atoms with E-state index in [1.807, 2.05) is 4.90 Å². The van der Waals surface area contributed by atoms with Gasteiger partial charge in [-0.25, -0.2) is 4.98 Å². The van der Waals surface area contributed by atoms with Crippen molar-refractivity contribution in [3.63, 3.8) is 0 Å². The molecule has 0 bridgehead atoms. The molecule has 2 aromatic heterocycles. The Labute approximate surface area is 150 Å². The highest BCUT2D eigenvalue weighted by Gasteiger charge is 2.26. The average Bonchev–Trinajstić information content (AvgIpc) is 3.29. The number of benzene rings is 1. The second kappa shape index (κ2) is 6.52. The molecular weight excluding hydrogens is 336 g/mol. The maximum absolute atomic E-state index is 12.3. The van der Waals surface area contributed by atoms with Crippen LogP contribution in [0.3, 0.4) is 0 Å². The first-order valence-corrected chi connectivity index (χ1v) is 9.29. The third kappa shape index (κ3) is 3.14. The standard InChI is InChI=1S/C19H20N2O3S/c1-12-5-6-13(2)17-16(12)20-19(25-17)24-14-7-9-21(10-8-14)18(22)15-4-3-11-23-15/h3-6,11,14H,7-10H2,1-2H3. The van der Waals surface area contributed by atoms with Crippen LogP contribution in [0, 0.1) is 13.8 Å². The van der Waals surface area contributed by atoms with Gasteiger partial charge in [0.25, 0.3) is 11.1 Å². The van der Waals surface area contributed by atoms with Crippen molar-refractivity contribution >= 4 is 27.5 Å². The Balaban J connectivity index is 1.41. The van der Waals surface area contributed by atoms with Gasteiger partial charge in [-0.2, -0.15) is 0 Å². The van der Waals surface area contributed by atoms with Gasteiger partial charge in [-0.1, -0.05) is 23.5 Å². The van der Waals surface area contributed by atoms with Gasteiger partial charge in [-0.15, -0.1) is 0 Å². The maximum atomic E-state index is 12.3. The molecule has 0 radical (unpaired) electrons. The van der Waals surface area contributed by atoms with Crippen molar-refractivity contribution < 1.29 is 13.9 Å². The summed E-state index contributed by atoms with van der Waals surface area (Å²) in [6.45, 7) is 5.52. The fourth-order valence-corrected chi connectivity index (χ4v) is 4.19. The zero-order valence-electron chi connectivity index (χ0n) is 14.3. The van der Waals surface area contributed by atoms with Crippen molar-refractivity contribution in [3.05, 3.63) is 47.4 Å². The van der Waals surface area contributed by atoms with Crippen molar-refractivity contribution in [2.24, 2.45) is 0 Å². The van der Waals surface area contributed by atoms with Crippen LogP contribution >= 0.6 is 11.3 Å². The highest BCUT2D eigenvalue weighted by Crippen LogP contribution is 2.33. The summed E-state index contributed by atoms with van der Waals surface area (Å²) < 4.78 is 12.5. The molecule has 3 heterocycles. The molecule has 6 heteroatoms. The first-order valence-electron chi connectivity index (χ1n) is 8.48. The number of amides is 1. The molecule has 1 aliphatic rings. The van der Waals surface area contributed by atoms with Gasteiger partial charge in [0.05, 0.1) is 16.5 Å². The zero-order valence-corrected chi connectivity index (χ0v) is 15.1. The quantitative estimate of drug-likeness (QED) is 0.706. The van der Waals surface area contributed by atoms with E-state index in [9.17, 15) is 4.79 Å². The van der Waals surface area contributed by atoms with E-state index in [0.29, 0.717) is 18.8 Å². The molecule has 0 spiro atoms. The molecule has 0 saturated carbocycles. The molecule has 0 unspecified atom stereocenters. The fraction of sp³-hybridized carbons (Fsp3) is 0.368. The fourth-order valence-electron chi connectivity index (χ4n) is 3.17. The van der Waals surface area contributed by atoms with Crippen molar-refractivity contribution in [3.8, 4) is 5.19 Å². The first-order chi connectivity index (χ1) is 12.1. The summed E-state index contributed by atoms with van der Waals surface area (Å²) in [5.41, 5.74) is 3.43. The number of thiazole rings is 1. The minimum Gasteiger partial charge on any atom is -0.467 e. The molecule has 1 amide bonds. The zero-order chi connectivity index (χ0) is 17.4. The maximum Gasteiger partial charge on any atom is 0.289 e. The molecule has 4 rings (SSSR count). The number of carbonyl (C=O) groups excluding carboxylic acids is 1. The lowest BCUT2D eigenvalue weighted by Gasteiger charge is -2.31. The lowest BCUT2D eigenvalue weighted by molar-refractivity contribution is 0.0567. The Morgan fingerprint density at radius 1 is 1.24 bits per heavy atom. The minimum atomic E-state index is -0.0466. The monoisotopic (exact) mass is 356 g/mol. The van der Waals surface area contributed by atoms with Crippen molar-refractivity contribution in [1.29, 1.82) is 0 Å². The topological polar surface area (TPSA) is 55.6 Å². The van der Waals surface area contributed by atoms with Gasteiger partial charge < -0.3 is 14.1 Å². The molecule has 5 nitrogen and oxygen atoms in total. The summed E-state index contributed by atoms with van der Waals surface area (Å²) >= 11 is 1.61. The molecule has 1 saturated heterocycles. The van der Waals surface area contributed by atoms with E-state index in [2.05, 4.69) is 31.0 Å². The smallest absolute Gasteiger partial charge is 0.289 e. The van der Waals surface area contributed by atoms with Gasteiger partial charge in [0.15, 0.2) is 5.76 Å². The lowest BCUT2D eigenvalue weighted by atomic mass is 10.1. The van der Waals surface area contributed by atoms with Crippen molar-refractivity contribution in [1.82, 2.24) is 9.88 Å². The molecule has 1 aliphatic heterocycles. The highest BCUT2D eigenvalue weighted by molar-refractivity contribution is 7.20. The van der Waals surface area contributed by atoms with E-state index in [0.717, 1.165) is 23.6 Å². The van der Waals surface area contributed by atoms with E-state index >= 15 is 0 Å². The number of ether oxygens (including phenoxy) is 1. The molecule has 130 valence electrons. The molecule has 0 atom stereocenters. The van der Waals surface area contributed by atoms with Crippen LogP contribution in [0.4, 0.5) is 0 Å². The number of aromatic nitrogens is 1. The van der Waals surface area contributed by atoms with E-state index in [4.69, 9.17) is 9.15 Å². The summed E-state index contributed by atoms with van der Waals surface area (Å²) in [7, 11) is 0. The van der Waals surface area contributed by atoms with Gasteiger partial charge in [-0.3, -0.25) is 4.79 Å². The molecule has 0 aliphatic carbocycles. The second-order valence-electron chi connectivity index (χ2n) is 6.44. The second-order valence-corrected chi connectivity index (χ2v) is 7.41. The Bertz CT molecular complexity index is 854. The van der Waals surface area contributed by atoms with Crippen LogP contribution in [0.2, 0.25) is 0 Å². The van der Waals surface area contributed by atoms with Crippen LogP contribution < -0.4 is 4.74 Å². The van der Waals surface area contributed by atoms with Crippen LogP contribution in [-0.4, -0.2) is 35.0 Å². The molecular formula is C19H20N2O3S. The summed E-state index contributed by atoms with van der Waals surface area (Å²) in [4.78, 5) is 18.8. The number of fused-ring (bicyclic) bond motifs is 1. The number of furan rings is 1. The predicted molar refractivity (Wildman–Crippen MR) is 97.4 cm³/mol. The van der Waals surface area contributed by atoms with Gasteiger partial charge in [-0.05, 0) is 37.1 Å². The number of hydrogen-bond donors (Lipinski definition) is 0. The van der Waals surface area contributed by atoms with Crippen LogP contribution in [0.1, 0.15) is 34.5 Å². The number of carbonyl (C=O) groups is 1. The van der Waals surface area contributed by atoms with E-state index in [1.54, 1.807) is 23.5 Å². The number of piperidine rings is 1. The first kappa shape index (κ1) is 16.1. The Morgan fingerprint density at radius 3 is 2.68 bits per heavy atom. The van der Waals surface area contributed by atoms with Gasteiger partial charge in [0.1, 0.15) is 6.10 Å². The van der Waals surface area contributed by atoms with Crippen LogP contribution in [0.15, 0.2) is 34.9 Å². The summed E-state index contributed by atoms with van der Waals surface area (Å²) in [5, 5.41) is 0.725. The predicted octanol–water partition coefficient (Wildman–Crippen LogP) is 4.19. The van der Waals surface area contributed by atoms with Crippen LogP contribution in [0.5, 0.6) is 5.19 Å². The summed E-state index contributed by atoms with van der Waals surface area (Å²) in [6.07, 6.45) is 3.24. The number of aryl methyl sites for hydroxylation is 2. The van der Waals surface area contributed by atoms with E-state index in [1.165, 1.54) is 22.1 Å². The SMILES string of the molecule is Cc1ccc(C)c2sc(OC3CCN(C(=O)c4ccco4)CC3)nc12. The summed E-state index contributed by atoms with van der Waals surface area (Å²) in [6, 6.07) is 7.66. The normalized spacial score (nSPS) is 15.7. The lowest BCUT2D eigenvalue weighted by Crippen LogP contribution is -2.41. The van der Waals surface area contributed by atoms with Crippen LogP contribution in [-0.2, 0) is 0 Å². The largest absolute Gasteiger partial charge is 0.467 e.